The molecule has 1 heterocycles. The first kappa shape index (κ1) is 17.4. The zero-order valence-corrected chi connectivity index (χ0v) is 15.5. The topological polar surface area (TPSA) is 12.9 Å². The summed E-state index contributed by atoms with van der Waals surface area (Å²) in [5.74, 6) is 0. The van der Waals surface area contributed by atoms with Crippen molar-refractivity contribution >= 4 is 13.4 Å². The van der Waals surface area contributed by atoms with Gasteiger partial charge in [-0.3, -0.25) is 4.98 Å². The van der Waals surface area contributed by atoms with Gasteiger partial charge in [0.25, 0.3) is 0 Å². The van der Waals surface area contributed by atoms with Crippen molar-refractivity contribution in [2.75, 3.05) is 0 Å². The SMILES string of the molecule is C=C1CCCC/C(=C/C)C(P(c2ccccn2)C(C)(C)C)C1. The Bertz CT molecular complexity index is 524. The minimum Gasteiger partial charge on any atom is -0.257 e. The lowest BCUT2D eigenvalue weighted by molar-refractivity contribution is 0.651. The molecule has 1 saturated carbocycles. The van der Waals surface area contributed by atoms with E-state index in [1.807, 2.05) is 12.3 Å². The van der Waals surface area contributed by atoms with Crippen molar-refractivity contribution in [1.82, 2.24) is 4.98 Å². The molecule has 0 bridgehead atoms. The standard InChI is InChI=1S/C20H30NP/c1-6-17-12-8-7-11-16(2)15-18(17)22(20(3,4)5)19-13-9-10-14-21-19/h6,9-10,13-14,18H,2,7-8,11-12,15H2,1,3-5H3/b17-6-. The third kappa shape index (κ3) is 4.29. The number of hydrogen-bond acceptors (Lipinski definition) is 1. The highest BCUT2D eigenvalue weighted by Crippen LogP contribution is 2.57. The summed E-state index contributed by atoms with van der Waals surface area (Å²) in [4.78, 5) is 4.74. The van der Waals surface area contributed by atoms with Gasteiger partial charge in [-0.2, -0.15) is 0 Å². The molecule has 2 unspecified atom stereocenters. The van der Waals surface area contributed by atoms with Gasteiger partial charge in [0.15, 0.2) is 0 Å². The van der Waals surface area contributed by atoms with Crippen molar-refractivity contribution in [3.63, 3.8) is 0 Å². The molecule has 2 heteroatoms. The average molecular weight is 315 g/mol. The molecule has 1 aliphatic carbocycles. The Kier molecular flexibility index (Phi) is 5.98. The highest BCUT2D eigenvalue weighted by Gasteiger charge is 2.36. The Morgan fingerprint density at radius 3 is 2.55 bits per heavy atom. The van der Waals surface area contributed by atoms with Crippen LogP contribution in [0.5, 0.6) is 0 Å². The molecular formula is C20H30NP. The zero-order chi connectivity index (χ0) is 16.2. The third-order valence-corrected chi connectivity index (χ3v) is 7.80. The van der Waals surface area contributed by atoms with E-state index in [2.05, 4.69) is 52.5 Å². The van der Waals surface area contributed by atoms with E-state index < -0.39 is 0 Å². The maximum atomic E-state index is 4.74. The molecule has 1 aliphatic rings. The Labute approximate surface area is 137 Å². The fourth-order valence-corrected chi connectivity index (χ4v) is 6.87. The van der Waals surface area contributed by atoms with Crippen LogP contribution in [-0.2, 0) is 0 Å². The van der Waals surface area contributed by atoms with Crippen LogP contribution in [0.25, 0.3) is 0 Å². The summed E-state index contributed by atoms with van der Waals surface area (Å²) >= 11 is 0. The molecule has 1 aromatic heterocycles. The van der Waals surface area contributed by atoms with E-state index in [0.717, 1.165) is 6.42 Å². The molecular weight excluding hydrogens is 285 g/mol. The number of rotatable bonds is 2. The average Bonchev–Trinajstić information content (AvgIpc) is 2.44. The molecule has 0 aliphatic heterocycles. The van der Waals surface area contributed by atoms with Gasteiger partial charge in [-0.15, -0.1) is 0 Å². The molecule has 0 amide bonds. The molecule has 2 atom stereocenters. The smallest absolute Gasteiger partial charge is 0.0642 e. The highest BCUT2D eigenvalue weighted by molar-refractivity contribution is 7.67. The van der Waals surface area contributed by atoms with Crippen LogP contribution in [0.1, 0.15) is 59.8 Å². The summed E-state index contributed by atoms with van der Waals surface area (Å²) in [5, 5.41) is 0.252. The monoisotopic (exact) mass is 315 g/mol. The predicted octanol–water partition coefficient (Wildman–Crippen LogP) is 5.82. The van der Waals surface area contributed by atoms with Crippen molar-refractivity contribution in [2.45, 2.75) is 70.6 Å². The van der Waals surface area contributed by atoms with Crippen LogP contribution in [0, 0.1) is 0 Å². The van der Waals surface area contributed by atoms with E-state index in [9.17, 15) is 0 Å². The first-order valence-corrected chi connectivity index (χ1v) is 9.86. The molecule has 0 spiro atoms. The van der Waals surface area contributed by atoms with Crippen LogP contribution in [0.4, 0.5) is 0 Å². The fourth-order valence-electron chi connectivity index (χ4n) is 3.44. The molecule has 2 rings (SSSR count). The number of hydrogen-bond donors (Lipinski definition) is 0. The Morgan fingerprint density at radius 2 is 1.95 bits per heavy atom. The van der Waals surface area contributed by atoms with Gasteiger partial charge in [-0.25, -0.2) is 0 Å². The van der Waals surface area contributed by atoms with Crippen LogP contribution in [0.3, 0.4) is 0 Å². The van der Waals surface area contributed by atoms with Gasteiger partial charge in [-0.1, -0.05) is 50.6 Å². The van der Waals surface area contributed by atoms with Gasteiger partial charge < -0.3 is 0 Å². The fraction of sp³-hybridized carbons (Fsp3) is 0.550. The third-order valence-electron chi connectivity index (χ3n) is 4.46. The van der Waals surface area contributed by atoms with Crippen LogP contribution in [0.15, 0.2) is 48.2 Å². The van der Waals surface area contributed by atoms with Crippen LogP contribution in [-0.4, -0.2) is 15.8 Å². The van der Waals surface area contributed by atoms with E-state index >= 15 is 0 Å². The van der Waals surface area contributed by atoms with E-state index in [1.165, 1.54) is 36.7 Å². The molecule has 1 aromatic rings. The van der Waals surface area contributed by atoms with Crippen molar-refractivity contribution in [3.8, 4) is 0 Å². The molecule has 22 heavy (non-hydrogen) atoms. The molecule has 0 saturated heterocycles. The Balaban J connectivity index is 2.44. The summed E-state index contributed by atoms with van der Waals surface area (Å²) in [6.45, 7) is 13.7. The largest absolute Gasteiger partial charge is 0.257 e. The van der Waals surface area contributed by atoms with Gasteiger partial charge in [0.2, 0.25) is 0 Å². The number of aromatic nitrogens is 1. The van der Waals surface area contributed by atoms with Gasteiger partial charge >= 0.3 is 0 Å². The van der Waals surface area contributed by atoms with E-state index in [4.69, 9.17) is 4.98 Å². The molecule has 0 aromatic carbocycles. The van der Waals surface area contributed by atoms with Crippen molar-refractivity contribution in [2.24, 2.45) is 0 Å². The summed E-state index contributed by atoms with van der Waals surface area (Å²) in [7, 11) is -0.356. The van der Waals surface area contributed by atoms with E-state index in [1.54, 1.807) is 5.57 Å². The summed E-state index contributed by atoms with van der Waals surface area (Å²) in [6.07, 6.45) is 10.5. The summed E-state index contributed by atoms with van der Waals surface area (Å²) in [6, 6.07) is 6.38. The normalized spacial score (nSPS) is 23.9. The second-order valence-corrected chi connectivity index (χ2v) is 10.4. The minimum atomic E-state index is -0.356. The predicted molar refractivity (Wildman–Crippen MR) is 100 cm³/mol. The molecule has 0 N–H and O–H groups in total. The minimum absolute atomic E-state index is 0.252. The Morgan fingerprint density at radius 1 is 1.23 bits per heavy atom. The first-order valence-electron chi connectivity index (χ1n) is 8.45. The molecule has 1 fully saturated rings. The van der Waals surface area contributed by atoms with Crippen molar-refractivity contribution < 1.29 is 0 Å². The van der Waals surface area contributed by atoms with Crippen LogP contribution >= 0.6 is 7.92 Å². The van der Waals surface area contributed by atoms with E-state index in [0.29, 0.717) is 5.66 Å². The van der Waals surface area contributed by atoms with Crippen molar-refractivity contribution in [3.05, 3.63) is 48.2 Å². The number of allylic oxidation sites excluding steroid dienone is 3. The second kappa shape index (κ2) is 7.55. The highest BCUT2D eigenvalue weighted by atomic mass is 31.1. The first-order chi connectivity index (χ1) is 10.4. The number of nitrogens with zero attached hydrogens (tertiary/aromatic N) is 1. The van der Waals surface area contributed by atoms with Gasteiger partial charge in [0.05, 0.1) is 5.44 Å². The maximum absolute atomic E-state index is 4.74. The number of pyridine rings is 1. The van der Waals surface area contributed by atoms with Crippen LogP contribution < -0.4 is 5.44 Å². The van der Waals surface area contributed by atoms with Gasteiger partial charge in [-0.05, 0) is 64.2 Å². The van der Waals surface area contributed by atoms with Gasteiger partial charge in [0, 0.05) is 11.9 Å². The molecule has 0 radical (unpaired) electrons. The summed E-state index contributed by atoms with van der Waals surface area (Å²) < 4.78 is 0. The Hall–Kier alpha value is -0.940. The second-order valence-electron chi connectivity index (χ2n) is 7.27. The molecule has 120 valence electrons. The van der Waals surface area contributed by atoms with E-state index in [-0.39, 0.29) is 13.1 Å². The lowest BCUT2D eigenvalue weighted by Gasteiger charge is -2.40. The zero-order valence-electron chi connectivity index (χ0n) is 14.6. The maximum Gasteiger partial charge on any atom is 0.0642 e. The van der Waals surface area contributed by atoms with Crippen molar-refractivity contribution in [1.29, 1.82) is 0 Å². The lowest BCUT2D eigenvalue weighted by Crippen LogP contribution is -2.30. The lowest BCUT2D eigenvalue weighted by atomic mass is 9.93. The van der Waals surface area contributed by atoms with Gasteiger partial charge in [0.1, 0.15) is 0 Å². The summed E-state index contributed by atoms with van der Waals surface area (Å²) in [5.41, 5.74) is 4.95. The molecule has 1 nitrogen and oxygen atoms in total. The quantitative estimate of drug-likeness (QED) is 0.495. The van der Waals surface area contributed by atoms with Crippen LogP contribution in [0.2, 0.25) is 0 Å².